The third-order valence-electron chi connectivity index (χ3n) is 3.93. The third-order valence-corrected chi connectivity index (χ3v) is 5.19. The lowest BCUT2D eigenvalue weighted by Gasteiger charge is -2.30. The summed E-state index contributed by atoms with van der Waals surface area (Å²) < 4.78 is 26.7. The van der Waals surface area contributed by atoms with E-state index >= 15 is 0 Å². The van der Waals surface area contributed by atoms with Crippen LogP contribution in [0.15, 0.2) is 24.8 Å². The quantitative estimate of drug-likeness (QED) is 0.843. The molecule has 0 unspecified atom stereocenters. The minimum Gasteiger partial charge on any atom is -0.275 e. The van der Waals surface area contributed by atoms with E-state index < -0.39 is 10.0 Å². The first-order valence-corrected chi connectivity index (χ1v) is 9.04. The van der Waals surface area contributed by atoms with Crippen LogP contribution in [0.2, 0.25) is 0 Å². The largest absolute Gasteiger partial charge is 0.275 e. The smallest absolute Gasteiger partial charge is 0.211 e. The van der Waals surface area contributed by atoms with E-state index in [0.29, 0.717) is 13.1 Å². The molecule has 0 radical (unpaired) electrons. The molecular weight excluding hydrogens is 302 g/mol. The summed E-state index contributed by atoms with van der Waals surface area (Å²) in [5, 5.41) is 4.14. The highest BCUT2D eigenvalue weighted by atomic mass is 32.2. The highest BCUT2D eigenvalue weighted by molar-refractivity contribution is 7.88. The van der Waals surface area contributed by atoms with Crippen molar-refractivity contribution in [3.05, 3.63) is 30.5 Å². The zero-order chi connectivity index (χ0) is 15.7. The van der Waals surface area contributed by atoms with Crippen molar-refractivity contribution in [1.82, 2.24) is 24.1 Å². The second-order valence-electron chi connectivity index (χ2n) is 5.69. The highest BCUT2D eigenvalue weighted by Gasteiger charge is 2.27. The van der Waals surface area contributed by atoms with Crippen molar-refractivity contribution < 1.29 is 8.42 Å². The number of aromatic nitrogens is 4. The lowest BCUT2D eigenvalue weighted by atomic mass is 9.96. The van der Waals surface area contributed by atoms with Gasteiger partial charge in [0.25, 0.3) is 0 Å². The Morgan fingerprint density at radius 1 is 1.27 bits per heavy atom. The summed E-state index contributed by atoms with van der Waals surface area (Å²) in [5.74, 6) is 0.0904. The molecule has 1 atom stereocenters. The number of sulfonamides is 1. The number of piperidine rings is 1. The van der Waals surface area contributed by atoms with Gasteiger partial charge in [-0.15, -0.1) is 0 Å². The fourth-order valence-electron chi connectivity index (χ4n) is 2.76. The van der Waals surface area contributed by atoms with Crippen LogP contribution in [0.3, 0.4) is 0 Å². The fraction of sp³-hybridized carbons (Fsp3) is 0.500. The van der Waals surface area contributed by atoms with Crippen molar-refractivity contribution in [2.75, 3.05) is 19.3 Å². The van der Waals surface area contributed by atoms with E-state index in [9.17, 15) is 8.42 Å². The van der Waals surface area contributed by atoms with Gasteiger partial charge >= 0.3 is 0 Å². The molecule has 0 aliphatic carbocycles. The number of nitrogens with zero attached hydrogens (tertiary/aromatic N) is 5. The van der Waals surface area contributed by atoms with Crippen molar-refractivity contribution >= 4 is 10.0 Å². The standard InChI is InChI=1S/C14H19N5O2S/c1-18-9-12(6-16-18)14-8-15-7-13(17-14)11-4-3-5-19(10-11)22(2,20)21/h6-9,11H,3-5,10H2,1-2H3/t11-/m0/s1. The molecule has 0 saturated carbocycles. The van der Waals surface area contributed by atoms with Crippen LogP contribution in [0, 0.1) is 0 Å². The van der Waals surface area contributed by atoms with Crippen LogP contribution in [0.4, 0.5) is 0 Å². The van der Waals surface area contributed by atoms with Crippen molar-refractivity contribution in [3.8, 4) is 11.3 Å². The number of aryl methyl sites for hydroxylation is 1. The summed E-state index contributed by atoms with van der Waals surface area (Å²) in [6.07, 6.45) is 10.1. The molecule has 1 fully saturated rings. The van der Waals surface area contributed by atoms with Crippen molar-refractivity contribution in [2.45, 2.75) is 18.8 Å². The number of hydrogen-bond donors (Lipinski definition) is 0. The summed E-state index contributed by atoms with van der Waals surface area (Å²) >= 11 is 0. The Bertz CT molecular complexity index is 771. The summed E-state index contributed by atoms with van der Waals surface area (Å²) in [6.45, 7) is 1.06. The van der Waals surface area contributed by atoms with Crippen LogP contribution >= 0.6 is 0 Å². The second-order valence-corrected chi connectivity index (χ2v) is 7.67. The summed E-state index contributed by atoms with van der Waals surface area (Å²) in [4.78, 5) is 8.92. The van der Waals surface area contributed by atoms with E-state index in [-0.39, 0.29) is 5.92 Å². The molecule has 2 aromatic rings. The summed E-state index contributed by atoms with van der Waals surface area (Å²) in [6, 6.07) is 0. The van der Waals surface area contributed by atoms with Crippen molar-refractivity contribution in [2.24, 2.45) is 7.05 Å². The molecule has 3 rings (SSSR count). The Labute approximate surface area is 130 Å². The predicted molar refractivity (Wildman–Crippen MR) is 82.6 cm³/mol. The van der Waals surface area contributed by atoms with Gasteiger partial charge in [-0.3, -0.25) is 9.67 Å². The minimum atomic E-state index is -3.15. The van der Waals surface area contributed by atoms with Gasteiger partial charge in [-0.2, -0.15) is 5.10 Å². The first kappa shape index (κ1) is 15.1. The Morgan fingerprint density at radius 2 is 2.09 bits per heavy atom. The van der Waals surface area contributed by atoms with E-state index in [1.54, 1.807) is 23.3 Å². The molecular formula is C14H19N5O2S. The fourth-order valence-corrected chi connectivity index (χ4v) is 3.67. The van der Waals surface area contributed by atoms with E-state index in [0.717, 1.165) is 29.8 Å². The van der Waals surface area contributed by atoms with Gasteiger partial charge in [0.05, 0.1) is 30.0 Å². The second kappa shape index (κ2) is 5.77. The number of hydrogen-bond acceptors (Lipinski definition) is 5. The normalized spacial score (nSPS) is 20.2. The lowest BCUT2D eigenvalue weighted by molar-refractivity contribution is 0.314. The van der Waals surface area contributed by atoms with Gasteiger partial charge in [-0.1, -0.05) is 0 Å². The minimum absolute atomic E-state index is 0.0904. The van der Waals surface area contributed by atoms with E-state index in [1.807, 2.05) is 13.2 Å². The molecule has 3 heterocycles. The van der Waals surface area contributed by atoms with Crippen molar-refractivity contribution in [3.63, 3.8) is 0 Å². The average molecular weight is 321 g/mol. The predicted octanol–water partition coefficient (Wildman–Crippen LogP) is 1.02. The molecule has 1 saturated heterocycles. The maximum Gasteiger partial charge on any atom is 0.211 e. The van der Waals surface area contributed by atoms with Gasteiger partial charge in [0.1, 0.15) is 0 Å². The van der Waals surface area contributed by atoms with Gasteiger partial charge in [0.2, 0.25) is 10.0 Å². The zero-order valence-corrected chi connectivity index (χ0v) is 13.5. The lowest BCUT2D eigenvalue weighted by Crippen LogP contribution is -2.38. The first-order valence-electron chi connectivity index (χ1n) is 7.19. The summed E-state index contributed by atoms with van der Waals surface area (Å²) in [7, 11) is -1.30. The van der Waals surface area contributed by atoms with Crippen LogP contribution < -0.4 is 0 Å². The molecule has 0 spiro atoms. The van der Waals surface area contributed by atoms with E-state index in [4.69, 9.17) is 0 Å². The Kier molecular flexibility index (Phi) is 3.96. The summed E-state index contributed by atoms with van der Waals surface area (Å²) in [5.41, 5.74) is 2.52. The highest BCUT2D eigenvalue weighted by Crippen LogP contribution is 2.27. The van der Waals surface area contributed by atoms with Crippen molar-refractivity contribution in [1.29, 1.82) is 0 Å². The van der Waals surface area contributed by atoms with E-state index in [2.05, 4.69) is 15.1 Å². The molecule has 22 heavy (non-hydrogen) atoms. The average Bonchev–Trinajstić information content (AvgIpc) is 2.93. The Balaban J connectivity index is 1.86. The molecule has 0 aromatic carbocycles. The molecule has 8 heteroatoms. The van der Waals surface area contributed by atoms with Crippen LogP contribution in [-0.4, -0.2) is 51.8 Å². The first-order chi connectivity index (χ1) is 10.4. The van der Waals surface area contributed by atoms with Crippen LogP contribution in [0.25, 0.3) is 11.3 Å². The Hall–Kier alpha value is -1.80. The topological polar surface area (TPSA) is 81.0 Å². The molecule has 0 N–H and O–H groups in total. The van der Waals surface area contributed by atoms with E-state index in [1.165, 1.54) is 10.6 Å². The third kappa shape index (κ3) is 3.17. The van der Waals surface area contributed by atoms with Gasteiger partial charge in [0, 0.05) is 44.0 Å². The number of rotatable bonds is 3. The maximum atomic E-state index is 11.7. The van der Waals surface area contributed by atoms with Gasteiger partial charge in [-0.25, -0.2) is 17.7 Å². The molecule has 1 aliphatic rings. The van der Waals surface area contributed by atoms with Gasteiger partial charge < -0.3 is 0 Å². The van der Waals surface area contributed by atoms with Crippen LogP contribution in [-0.2, 0) is 17.1 Å². The Morgan fingerprint density at radius 3 is 2.77 bits per heavy atom. The maximum absolute atomic E-state index is 11.7. The molecule has 118 valence electrons. The SMILES string of the molecule is Cn1cc(-c2cncc([C@H]3CCCN(S(C)(=O)=O)C3)n2)cn1. The molecule has 1 aliphatic heterocycles. The van der Waals surface area contributed by atoms with Gasteiger partial charge in [-0.05, 0) is 12.8 Å². The molecule has 7 nitrogen and oxygen atoms in total. The molecule has 0 amide bonds. The molecule has 2 aromatic heterocycles. The van der Waals surface area contributed by atoms with Gasteiger partial charge in [0.15, 0.2) is 0 Å². The monoisotopic (exact) mass is 321 g/mol. The molecule has 0 bridgehead atoms. The zero-order valence-electron chi connectivity index (χ0n) is 12.7. The van der Waals surface area contributed by atoms with Crippen LogP contribution in [0.1, 0.15) is 24.5 Å². The van der Waals surface area contributed by atoms with Crippen LogP contribution in [0.5, 0.6) is 0 Å².